The molecule has 3 aromatic heterocycles. The fourth-order valence-electron chi connectivity index (χ4n) is 2.73. The van der Waals surface area contributed by atoms with Gasteiger partial charge >= 0.3 is 5.97 Å². The predicted octanol–water partition coefficient (Wildman–Crippen LogP) is 4.05. The maximum Gasteiger partial charge on any atom is 0.348 e. The molecule has 0 atom stereocenters. The second-order valence-electron chi connectivity index (χ2n) is 5.47. The van der Waals surface area contributed by atoms with Crippen molar-refractivity contribution in [2.24, 2.45) is 0 Å². The van der Waals surface area contributed by atoms with Gasteiger partial charge in [0.2, 0.25) is 0 Å². The summed E-state index contributed by atoms with van der Waals surface area (Å²) in [4.78, 5) is 15.7. The lowest BCUT2D eigenvalue weighted by atomic mass is 10.2. The van der Waals surface area contributed by atoms with Crippen molar-refractivity contribution in [2.45, 2.75) is 6.54 Å². The molecule has 0 amide bonds. The van der Waals surface area contributed by atoms with Crippen molar-refractivity contribution in [3.05, 3.63) is 51.4 Å². The summed E-state index contributed by atoms with van der Waals surface area (Å²) in [6.07, 6.45) is 1.87. The molecule has 126 valence electrons. The third-order valence-corrected chi connectivity index (χ3v) is 5.14. The van der Waals surface area contributed by atoms with Gasteiger partial charge in [0.1, 0.15) is 16.1 Å². The van der Waals surface area contributed by atoms with Gasteiger partial charge in [0.05, 0.1) is 19.2 Å². The number of carboxylic acids is 1. The first-order chi connectivity index (χ1) is 12.1. The minimum absolute atomic E-state index is 0.182. The largest absolute Gasteiger partial charge is 0.497 e. The number of pyridine rings is 1. The lowest BCUT2D eigenvalue weighted by Gasteiger charge is -2.03. The van der Waals surface area contributed by atoms with E-state index in [1.807, 2.05) is 30.5 Å². The van der Waals surface area contributed by atoms with E-state index in [0.29, 0.717) is 17.6 Å². The first-order valence-electron chi connectivity index (χ1n) is 7.37. The highest BCUT2D eigenvalue weighted by Crippen LogP contribution is 2.33. The Kier molecular flexibility index (Phi) is 3.82. The van der Waals surface area contributed by atoms with Crippen molar-refractivity contribution >= 4 is 50.7 Å². The van der Waals surface area contributed by atoms with E-state index < -0.39 is 5.97 Å². The number of carboxylic acid groups (broad SMARTS) is 1. The Morgan fingerprint density at radius 2 is 2.04 bits per heavy atom. The normalized spacial score (nSPS) is 11.3. The molecule has 0 radical (unpaired) electrons. The topological polar surface area (TPSA) is 77.2 Å². The standard InChI is InChI=1S/C17H12ClN3O3S/c1-24-10-4-2-9(3-5-10)6-21-7-11-12-8-25-15(17(22)23)13(12)19-16(18)14(11)20-21/h2-5,7-8H,6H2,1H3,(H,22,23). The molecule has 0 saturated carbocycles. The Morgan fingerprint density at radius 3 is 2.72 bits per heavy atom. The lowest BCUT2D eigenvalue weighted by Crippen LogP contribution is -1.99. The summed E-state index contributed by atoms with van der Waals surface area (Å²) < 4.78 is 6.93. The number of hydrogen-bond donors (Lipinski definition) is 1. The number of carbonyl (C=O) groups is 1. The van der Waals surface area contributed by atoms with Crippen LogP contribution in [-0.2, 0) is 6.54 Å². The van der Waals surface area contributed by atoms with Crippen molar-refractivity contribution in [1.82, 2.24) is 14.8 Å². The van der Waals surface area contributed by atoms with Gasteiger partial charge < -0.3 is 9.84 Å². The molecule has 0 aliphatic carbocycles. The monoisotopic (exact) mass is 373 g/mol. The molecule has 4 aromatic rings. The number of nitrogens with zero attached hydrogens (tertiary/aromatic N) is 3. The zero-order chi connectivity index (χ0) is 17.6. The van der Waals surface area contributed by atoms with Crippen LogP contribution in [0.25, 0.3) is 21.8 Å². The number of rotatable bonds is 4. The molecular formula is C17H12ClN3O3S. The second kappa shape index (κ2) is 6.02. The summed E-state index contributed by atoms with van der Waals surface area (Å²) in [5.41, 5.74) is 2.03. The summed E-state index contributed by atoms with van der Waals surface area (Å²) in [6.45, 7) is 0.562. The molecule has 6 nitrogen and oxygen atoms in total. The third-order valence-electron chi connectivity index (χ3n) is 3.92. The van der Waals surface area contributed by atoms with Crippen LogP contribution in [-0.4, -0.2) is 33.0 Å². The molecule has 8 heteroatoms. The van der Waals surface area contributed by atoms with Gasteiger partial charge in [-0.1, -0.05) is 23.7 Å². The highest BCUT2D eigenvalue weighted by molar-refractivity contribution is 7.13. The minimum Gasteiger partial charge on any atom is -0.497 e. The molecule has 1 aromatic carbocycles. The van der Waals surface area contributed by atoms with Gasteiger partial charge in [-0.05, 0) is 17.7 Å². The number of thiophene rings is 1. The van der Waals surface area contributed by atoms with E-state index >= 15 is 0 Å². The van der Waals surface area contributed by atoms with E-state index in [0.717, 1.165) is 33.4 Å². The number of methoxy groups -OCH3 is 1. The van der Waals surface area contributed by atoms with Crippen molar-refractivity contribution in [1.29, 1.82) is 0 Å². The van der Waals surface area contributed by atoms with Crippen LogP contribution in [0.5, 0.6) is 5.75 Å². The maximum atomic E-state index is 11.3. The van der Waals surface area contributed by atoms with Crippen LogP contribution in [0.4, 0.5) is 0 Å². The van der Waals surface area contributed by atoms with Crippen LogP contribution in [0.3, 0.4) is 0 Å². The Balaban J connectivity index is 1.80. The number of halogens is 1. The lowest BCUT2D eigenvalue weighted by molar-refractivity contribution is 0.0704. The fraction of sp³-hybridized carbons (Fsp3) is 0.118. The Hall–Kier alpha value is -2.64. The molecule has 1 N–H and O–H groups in total. The Labute approximate surface area is 151 Å². The molecule has 0 fully saturated rings. The summed E-state index contributed by atoms with van der Waals surface area (Å²) >= 11 is 7.37. The van der Waals surface area contributed by atoms with E-state index in [4.69, 9.17) is 16.3 Å². The molecule has 0 spiro atoms. The molecule has 0 saturated heterocycles. The van der Waals surface area contributed by atoms with E-state index in [-0.39, 0.29) is 10.0 Å². The van der Waals surface area contributed by atoms with Gasteiger partial charge in [0, 0.05) is 22.3 Å². The zero-order valence-corrected chi connectivity index (χ0v) is 14.6. The van der Waals surface area contributed by atoms with Crippen molar-refractivity contribution < 1.29 is 14.6 Å². The van der Waals surface area contributed by atoms with Crippen molar-refractivity contribution in [2.75, 3.05) is 7.11 Å². The zero-order valence-electron chi connectivity index (χ0n) is 13.1. The van der Waals surface area contributed by atoms with Gasteiger partial charge in [-0.2, -0.15) is 5.10 Å². The molecule has 0 aliphatic rings. The average Bonchev–Trinajstić information content (AvgIpc) is 3.19. The number of benzene rings is 1. The summed E-state index contributed by atoms with van der Waals surface area (Å²) in [5.74, 6) is -0.212. The first-order valence-corrected chi connectivity index (χ1v) is 8.62. The van der Waals surface area contributed by atoms with Crippen LogP contribution in [0, 0.1) is 0 Å². The molecular weight excluding hydrogens is 362 g/mol. The van der Waals surface area contributed by atoms with Crippen LogP contribution in [0.1, 0.15) is 15.2 Å². The third kappa shape index (κ3) is 2.71. The number of fused-ring (bicyclic) bond motifs is 3. The average molecular weight is 374 g/mol. The van der Waals surface area contributed by atoms with E-state index in [1.54, 1.807) is 17.2 Å². The van der Waals surface area contributed by atoms with Crippen LogP contribution < -0.4 is 4.74 Å². The highest BCUT2D eigenvalue weighted by Gasteiger charge is 2.18. The smallest absolute Gasteiger partial charge is 0.348 e. The van der Waals surface area contributed by atoms with Gasteiger partial charge in [-0.15, -0.1) is 11.3 Å². The predicted molar refractivity (Wildman–Crippen MR) is 97.0 cm³/mol. The van der Waals surface area contributed by atoms with Gasteiger partial charge in [-0.3, -0.25) is 4.68 Å². The molecule has 0 aliphatic heterocycles. The number of aromatic carboxylic acids is 1. The Bertz CT molecular complexity index is 1100. The van der Waals surface area contributed by atoms with Crippen molar-refractivity contribution in [3.8, 4) is 5.75 Å². The SMILES string of the molecule is COc1ccc(Cn2cc3c(n2)c(Cl)nc2c(C(=O)O)scc23)cc1. The van der Waals surface area contributed by atoms with Crippen LogP contribution in [0.2, 0.25) is 5.15 Å². The fourth-order valence-corrected chi connectivity index (χ4v) is 3.79. The van der Waals surface area contributed by atoms with Crippen molar-refractivity contribution in [3.63, 3.8) is 0 Å². The quantitative estimate of drug-likeness (QED) is 0.546. The number of aromatic nitrogens is 3. The Morgan fingerprint density at radius 1 is 1.28 bits per heavy atom. The van der Waals surface area contributed by atoms with E-state index in [2.05, 4.69) is 10.1 Å². The molecule has 3 heterocycles. The summed E-state index contributed by atoms with van der Waals surface area (Å²) in [6, 6.07) is 7.72. The maximum absolute atomic E-state index is 11.3. The van der Waals surface area contributed by atoms with Crippen LogP contribution in [0.15, 0.2) is 35.8 Å². The van der Waals surface area contributed by atoms with Gasteiger partial charge in [0.15, 0.2) is 5.15 Å². The molecule has 25 heavy (non-hydrogen) atoms. The highest BCUT2D eigenvalue weighted by atomic mass is 35.5. The summed E-state index contributed by atoms with van der Waals surface area (Å²) in [5, 5.41) is 17.3. The first kappa shape index (κ1) is 15.9. The second-order valence-corrected chi connectivity index (χ2v) is 6.71. The van der Waals surface area contributed by atoms with Gasteiger partial charge in [-0.25, -0.2) is 9.78 Å². The summed E-state index contributed by atoms with van der Waals surface area (Å²) in [7, 11) is 1.63. The molecule has 0 bridgehead atoms. The molecule has 0 unspecified atom stereocenters. The van der Waals surface area contributed by atoms with Crippen LogP contribution >= 0.6 is 22.9 Å². The van der Waals surface area contributed by atoms with E-state index in [9.17, 15) is 9.90 Å². The number of hydrogen-bond acceptors (Lipinski definition) is 5. The molecule has 4 rings (SSSR count). The van der Waals surface area contributed by atoms with Gasteiger partial charge in [0.25, 0.3) is 0 Å². The minimum atomic E-state index is -1.01. The van der Waals surface area contributed by atoms with E-state index in [1.165, 1.54) is 0 Å². The number of ether oxygens (including phenoxy) is 1.